The number of benzene rings is 1. The number of guanidine groups is 1. The second-order valence-electron chi connectivity index (χ2n) is 4.64. The highest BCUT2D eigenvalue weighted by atomic mass is 127. The first kappa shape index (κ1) is 21.8. The summed E-state index contributed by atoms with van der Waals surface area (Å²) in [5.41, 5.74) is -0.607. The van der Waals surface area contributed by atoms with E-state index in [1.54, 1.807) is 0 Å². The third kappa shape index (κ3) is 7.28. The van der Waals surface area contributed by atoms with E-state index in [2.05, 4.69) is 15.6 Å². The van der Waals surface area contributed by atoms with Crippen molar-refractivity contribution < 1.29 is 17.9 Å². The maximum atomic E-state index is 13.1. The van der Waals surface area contributed by atoms with Crippen molar-refractivity contribution in [2.75, 3.05) is 20.2 Å². The summed E-state index contributed by atoms with van der Waals surface area (Å²) < 4.78 is 44.2. The quantitative estimate of drug-likeness (QED) is 0.398. The Labute approximate surface area is 151 Å². The number of alkyl halides is 3. The molecule has 0 saturated heterocycles. The highest BCUT2D eigenvalue weighted by Gasteiger charge is 2.33. The summed E-state index contributed by atoms with van der Waals surface area (Å²) in [7, 11) is 1.34. The van der Waals surface area contributed by atoms with Gasteiger partial charge < -0.3 is 15.4 Å². The fourth-order valence-electron chi connectivity index (χ4n) is 1.83. The van der Waals surface area contributed by atoms with E-state index in [0.717, 1.165) is 12.5 Å². The molecular weight excluding hydrogens is 422 g/mol. The van der Waals surface area contributed by atoms with Gasteiger partial charge in [-0.25, -0.2) is 4.99 Å². The lowest BCUT2D eigenvalue weighted by Crippen LogP contribution is -2.37. The van der Waals surface area contributed by atoms with Crippen molar-refractivity contribution >= 4 is 29.9 Å². The van der Waals surface area contributed by atoms with Crippen LogP contribution in [0.3, 0.4) is 0 Å². The van der Waals surface area contributed by atoms with Crippen LogP contribution in [0.25, 0.3) is 0 Å². The first-order valence-corrected chi connectivity index (χ1v) is 7.18. The highest BCUT2D eigenvalue weighted by molar-refractivity contribution is 14.0. The standard InChI is InChI=1S/C15H22F3N3O.HI/c1-4-8-20-14(19-5-2)21-10-11-6-7-12(22-3)9-13(11)15(16,17)18;/h6-7,9H,4-5,8,10H2,1-3H3,(H2,19,20,21);1H. The van der Waals surface area contributed by atoms with Gasteiger partial charge in [0.2, 0.25) is 0 Å². The summed E-state index contributed by atoms with van der Waals surface area (Å²) >= 11 is 0. The van der Waals surface area contributed by atoms with Gasteiger partial charge in [0.1, 0.15) is 5.75 Å². The van der Waals surface area contributed by atoms with Crippen LogP contribution in [0.2, 0.25) is 0 Å². The number of rotatable bonds is 6. The molecule has 1 aromatic rings. The van der Waals surface area contributed by atoms with Crippen LogP contribution in [0.4, 0.5) is 13.2 Å². The van der Waals surface area contributed by atoms with Crippen LogP contribution in [-0.2, 0) is 12.7 Å². The Kier molecular flexibility index (Phi) is 10.0. The minimum Gasteiger partial charge on any atom is -0.497 e. The van der Waals surface area contributed by atoms with Crippen LogP contribution in [0.5, 0.6) is 5.75 Å². The summed E-state index contributed by atoms with van der Waals surface area (Å²) in [5, 5.41) is 6.06. The van der Waals surface area contributed by atoms with Crippen LogP contribution in [0.15, 0.2) is 23.2 Å². The maximum absolute atomic E-state index is 13.1. The van der Waals surface area contributed by atoms with Crippen LogP contribution in [-0.4, -0.2) is 26.2 Å². The topological polar surface area (TPSA) is 45.7 Å². The number of methoxy groups -OCH3 is 1. The Morgan fingerprint density at radius 2 is 1.91 bits per heavy atom. The molecule has 132 valence electrons. The average molecular weight is 445 g/mol. The summed E-state index contributed by atoms with van der Waals surface area (Å²) in [4.78, 5) is 4.20. The van der Waals surface area contributed by atoms with Gasteiger partial charge >= 0.3 is 6.18 Å². The lowest BCUT2D eigenvalue weighted by Gasteiger charge is -2.14. The summed E-state index contributed by atoms with van der Waals surface area (Å²) in [5.74, 6) is 0.685. The molecular formula is C15H23F3IN3O. The summed E-state index contributed by atoms with van der Waals surface area (Å²) in [6.45, 7) is 5.20. The molecule has 0 aromatic heterocycles. The molecule has 4 nitrogen and oxygen atoms in total. The van der Waals surface area contributed by atoms with Crippen molar-refractivity contribution in [3.8, 4) is 5.75 Å². The molecule has 2 N–H and O–H groups in total. The Morgan fingerprint density at radius 1 is 1.22 bits per heavy atom. The number of hydrogen-bond donors (Lipinski definition) is 2. The van der Waals surface area contributed by atoms with Gasteiger partial charge in [-0.3, -0.25) is 0 Å². The Morgan fingerprint density at radius 3 is 2.43 bits per heavy atom. The van der Waals surface area contributed by atoms with Gasteiger partial charge in [-0.15, -0.1) is 24.0 Å². The number of halogens is 4. The molecule has 8 heteroatoms. The van der Waals surface area contributed by atoms with Crippen molar-refractivity contribution in [2.45, 2.75) is 33.0 Å². The van der Waals surface area contributed by atoms with E-state index < -0.39 is 11.7 Å². The molecule has 0 saturated carbocycles. The zero-order chi connectivity index (χ0) is 16.6. The molecule has 1 aromatic carbocycles. The van der Waals surface area contributed by atoms with Crippen LogP contribution < -0.4 is 15.4 Å². The molecule has 0 heterocycles. The normalized spacial score (nSPS) is 11.7. The monoisotopic (exact) mass is 445 g/mol. The number of ether oxygens (including phenoxy) is 1. The molecule has 0 aliphatic rings. The molecule has 0 fully saturated rings. The average Bonchev–Trinajstić information content (AvgIpc) is 2.49. The van der Waals surface area contributed by atoms with Gasteiger partial charge in [-0.2, -0.15) is 13.2 Å². The molecule has 23 heavy (non-hydrogen) atoms. The lowest BCUT2D eigenvalue weighted by atomic mass is 10.1. The van der Waals surface area contributed by atoms with Crippen LogP contribution >= 0.6 is 24.0 Å². The Bertz CT molecular complexity index is 507. The summed E-state index contributed by atoms with van der Waals surface area (Å²) in [6, 6.07) is 3.90. The fourth-order valence-corrected chi connectivity index (χ4v) is 1.83. The van der Waals surface area contributed by atoms with Crippen LogP contribution in [0, 0.1) is 0 Å². The minimum atomic E-state index is -4.44. The molecule has 0 atom stereocenters. The number of aliphatic imine (C=N–C) groups is 1. The van der Waals surface area contributed by atoms with E-state index in [9.17, 15) is 13.2 Å². The Hall–Kier alpha value is -1.19. The molecule has 0 radical (unpaired) electrons. The maximum Gasteiger partial charge on any atom is 0.416 e. The van der Waals surface area contributed by atoms with E-state index in [4.69, 9.17) is 4.74 Å². The van der Waals surface area contributed by atoms with E-state index in [-0.39, 0.29) is 41.8 Å². The van der Waals surface area contributed by atoms with E-state index in [1.807, 2.05) is 13.8 Å². The zero-order valence-electron chi connectivity index (χ0n) is 13.5. The van der Waals surface area contributed by atoms with Crippen molar-refractivity contribution in [3.63, 3.8) is 0 Å². The fraction of sp³-hybridized carbons (Fsp3) is 0.533. The second kappa shape index (κ2) is 10.6. The smallest absolute Gasteiger partial charge is 0.416 e. The molecule has 0 unspecified atom stereocenters. The van der Waals surface area contributed by atoms with Crippen molar-refractivity contribution in [2.24, 2.45) is 4.99 Å². The molecule has 0 amide bonds. The van der Waals surface area contributed by atoms with E-state index >= 15 is 0 Å². The van der Waals surface area contributed by atoms with E-state index in [1.165, 1.54) is 19.2 Å². The Balaban J connectivity index is 0.00000484. The van der Waals surface area contributed by atoms with E-state index in [0.29, 0.717) is 19.0 Å². The van der Waals surface area contributed by atoms with Crippen LogP contribution in [0.1, 0.15) is 31.4 Å². The number of hydrogen-bond acceptors (Lipinski definition) is 2. The van der Waals surface area contributed by atoms with Crippen molar-refractivity contribution in [1.29, 1.82) is 0 Å². The summed E-state index contributed by atoms with van der Waals surface area (Å²) in [6.07, 6.45) is -3.53. The molecule has 0 spiro atoms. The first-order valence-electron chi connectivity index (χ1n) is 7.18. The van der Waals surface area contributed by atoms with Gasteiger partial charge in [0, 0.05) is 13.1 Å². The van der Waals surface area contributed by atoms with Gasteiger partial charge in [-0.05, 0) is 31.0 Å². The van der Waals surface area contributed by atoms with Crippen molar-refractivity contribution in [3.05, 3.63) is 29.3 Å². The third-order valence-corrected chi connectivity index (χ3v) is 2.92. The third-order valence-electron chi connectivity index (χ3n) is 2.92. The minimum absolute atomic E-state index is 0. The second-order valence-corrected chi connectivity index (χ2v) is 4.64. The molecule has 0 aliphatic carbocycles. The zero-order valence-corrected chi connectivity index (χ0v) is 15.8. The molecule has 1 rings (SSSR count). The predicted octanol–water partition coefficient (Wildman–Crippen LogP) is 3.80. The predicted molar refractivity (Wildman–Crippen MR) is 96.5 cm³/mol. The van der Waals surface area contributed by atoms with Gasteiger partial charge in [-0.1, -0.05) is 13.0 Å². The SMILES string of the molecule is CCCNC(=NCc1ccc(OC)cc1C(F)(F)F)NCC.I. The molecule has 0 bridgehead atoms. The van der Waals surface area contributed by atoms with Crippen molar-refractivity contribution in [1.82, 2.24) is 10.6 Å². The number of nitrogens with one attached hydrogen (secondary N) is 2. The van der Waals surface area contributed by atoms with Gasteiger partial charge in [0.05, 0.1) is 19.2 Å². The largest absolute Gasteiger partial charge is 0.497 e. The molecule has 0 aliphatic heterocycles. The van der Waals surface area contributed by atoms with Gasteiger partial charge in [0.15, 0.2) is 5.96 Å². The van der Waals surface area contributed by atoms with Gasteiger partial charge in [0.25, 0.3) is 0 Å². The highest BCUT2D eigenvalue weighted by Crippen LogP contribution is 2.34. The first-order chi connectivity index (χ1) is 10.4. The lowest BCUT2D eigenvalue weighted by molar-refractivity contribution is -0.138. The number of nitrogens with zero attached hydrogens (tertiary/aromatic N) is 1.